The summed E-state index contributed by atoms with van der Waals surface area (Å²) in [5.41, 5.74) is 0.634. The fraction of sp³-hybridized carbons (Fsp3) is 0.684. The first-order chi connectivity index (χ1) is 11.1. The minimum absolute atomic E-state index is 0.0195. The maximum absolute atomic E-state index is 12.6. The Balaban J connectivity index is 1.42. The zero-order valence-electron chi connectivity index (χ0n) is 14.0. The van der Waals surface area contributed by atoms with Gasteiger partial charge in [0.05, 0.1) is 11.7 Å². The van der Waals surface area contributed by atoms with E-state index in [0.29, 0.717) is 29.3 Å². The Labute approximate surface area is 138 Å². The molecule has 4 heteroatoms. The maximum Gasteiger partial charge on any atom is 0.253 e. The Morgan fingerprint density at radius 1 is 1.13 bits per heavy atom. The third-order valence-electron chi connectivity index (χ3n) is 5.88. The lowest BCUT2D eigenvalue weighted by atomic mass is 9.54. The highest BCUT2D eigenvalue weighted by Gasteiger charge is 2.48. The molecule has 1 N–H and O–H groups in total. The van der Waals surface area contributed by atoms with Gasteiger partial charge in [0.15, 0.2) is 0 Å². The predicted molar refractivity (Wildman–Crippen MR) is 88.3 cm³/mol. The van der Waals surface area contributed by atoms with E-state index in [1.165, 1.54) is 32.1 Å². The number of nitrogens with zero attached hydrogens (tertiary/aromatic N) is 1. The van der Waals surface area contributed by atoms with Gasteiger partial charge in [-0.3, -0.25) is 4.79 Å². The van der Waals surface area contributed by atoms with Crippen molar-refractivity contribution >= 4 is 5.91 Å². The second kappa shape index (κ2) is 5.81. The standard InChI is InChI=1S/C19H26N2O2/c1-11(2)23-17-4-3-14(10-20-17)19(22)21-18-15-6-12-5-13(8-15)9-16(18)7-12/h3-4,10-13,15-16,18H,5-9H2,1-2H3,(H,21,22). The molecule has 0 aliphatic heterocycles. The number of amides is 1. The molecule has 0 spiro atoms. The van der Waals surface area contributed by atoms with Crippen LogP contribution in [0, 0.1) is 23.7 Å². The van der Waals surface area contributed by atoms with Crippen molar-refractivity contribution in [3.05, 3.63) is 23.9 Å². The van der Waals surface area contributed by atoms with E-state index in [0.717, 1.165) is 11.8 Å². The molecule has 4 saturated carbocycles. The van der Waals surface area contributed by atoms with Crippen molar-refractivity contribution in [3.8, 4) is 5.88 Å². The molecule has 124 valence electrons. The Morgan fingerprint density at radius 2 is 1.78 bits per heavy atom. The zero-order valence-corrected chi connectivity index (χ0v) is 14.0. The lowest BCUT2D eigenvalue weighted by Crippen LogP contribution is -2.55. The van der Waals surface area contributed by atoms with Crippen LogP contribution in [0.3, 0.4) is 0 Å². The smallest absolute Gasteiger partial charge is 0.253 e. The Bertz CT molecular complexity index is 554. The predicted octanol–water partition coefficient (Wildman–Crippen LogP) is 3.42. The second-order valence-electron chi connectivity index (χ2n) is 7.98. The lowest BCUT2D eigenvalue weighted by Gasteiger charge is -2.54. The fourth-order valence-corrected chi connectivity index (χ4v) is 5.22. The highest BCUT2D eigenvalue weighted by molar-refractivity contribution is 5.94. The molecule has 4 nitrogen and oxygen atoms in total. The van der Waals surface area contributed by atoms with E-state index in [1.54, 1.807) is 12.3 Å². The third kappa shape index (κ3) is 2.96. The van der Waals surface area contributed by atoms with Crippen molar-refractivity contribution in [3.63, 3.8) is 0 Å². The number of nitrogens with one attached hydrogen (secondary N) is 1. The molecule has 4 fully saturated rings. The van der Waals surface area contributed by atoms with E-state index in [1.807, 2.05) is 19.9 Å². The van der Waals surface area contributed by atoms with Gasteiger partial charge in [0, 0.05) is 18.3 Å². The van der Waals surface area contributed by atoms with Crippen LogP contribution in [0.4, 0.5) is 0 Å². The van der Waals surface area contributed by atoms with Crippen LogP contribution in [0.1, 0.15) is 56.3 Å². The molecule has 0 unspecified atom stereocenters. The third-order valence-corrected chi connectivity index (χ3v) is 5.88. The lowest BCUT2D eigenvalue weighted by molar-refractivity contribution is -0.0119. The minimum Gasteiger partial charge on any atom is -0.475 e. The molecule has 0 atom stereocenters. The van der Waals surface area contributed by atoms with E-state index in [4.69, 9.17) is 4.74 Å². The Kier molecular flexibility index (Phi) is 3.78. The number of hydrogen-bond acceptors (Lipinski definition) is 3. The summed E-state index contributed by atoms with van der Waals surface area (Å²) in [5, 5.41) is 3.32. The van der Waals surface area contributed by atoms with Crippen LogP contribution in [0.25, 0.3) is 0 Å². The number of carbonyl (C=O) groups excluding carboxylic acids is 1. The summed E-state index contributed by atoms with van der Waals surface area (Å²) in [6.07, 6.45) is 8.43. The summed E-state index contributed by atoms with van der Waals surface area (Å²) >= 11 is 0. The number of pyridine rings is 1. The van der Waals surface area contributed by atoms with Gasteiger partial charge in [-0.2, -0.15) is 0 Å². The largest absolute Gasteiger partial charge is 0.475 e. The van der Waals surface area contributed by atoms with Gasteiger partial charge in [0.1, 0.15) is 0 Å². The molecule has 0 saturated heterocycles. The molecule has 1 aromatic rings. The molecule has 1 heterocycles. The maximum atomic E-state index is 12.6. The van der Waals surface area contributed by atoms with Crippen molar-refractivity contribution in [1.29, 1.82) is 0 Å². The molecule has 1 amide bonds. The van der Waals surface area contributed by atoms with Crippen molar-refractivity contribution < 1.29 is 9.53 Å². The van der Waals surface area contributed by atoms with Gasteiger partial charge in [0.2, 0.25) is 5.88 Å². The Morgan fingerprint density at radius 3 is 2.30 bits per heavy atom. The van der Waals surface area contributed by atoms with E-state index in [9.17, 15) is 4.79 Å². The molecular formula is C19H26N2O2. The summed E-state index contributed by atoms with van der Waals surface area (Å²) < 4.78 is 5.53. The van der Waals surface area contributed by atoms with Gasteiger partial charge in [-0.15, -0.1) is 0 Å². The SMILES string of the molecule is CC(C)Oc1ccc(C(=O)NC2C3CC4CC(C3)CC2C4)cn1. The van der Waals surface area contributed by atoms with Crippen molar-refractivity contribution in [2.75, 3.05) is 0 Å². The van der Waals surface area contributed by atoms with Crippen LogP contribution < -0.4 is 10.1 Å². The van der Waals surface area contributed by atoms with Gasteiger partial charge in [-0.25, -0.2) is 4.98 Å². The molecule has 1 aromatic heterocycles. The van der Waals surface area contributed by atoms with Crippen LogP contribution in [0.5, 0.6) is 5.88 Å². The number of rotatable bonds is 4. The van der Waals surface area contributed by atoms with E-state index in [-0.39, 0.29) is 12.0 Å². The van der Waals surface area contributed by atoms with Crippen LogP contribution in [-0.2, 0) is 0 Å². The molecule has 23 heavy (non-hydrogen) atoms. The second-order valence-corrected chi connectivity index (χ2v) is 7.98. The van der Waals surface area contributed by atoms with Crippen molar-refractivity contribution in [2.24, 2.45) is 23.7 Å². The first kappa shape index (κ1) is 15.0. The summed E-state index contributed by atoms with van der Waals surface area (Å²) in [4.78, 5) is 16.8. The van der Waals surface area contributed by atoms with Gasteiger partial charge in [0.25, 0.3) is 5.91 Å². The summed E-state index contributed by atoms with van der Waals surface area (Å²) in [7, 11) is 0. The number of aromatic nitrogens is 1. The van der Waals surface area contributed by atoms with Crippen LogP contribution >= 0.6 is 0 Å². The van der Waals surface area contributed by atoms with E-state index < -0.39 is 0 Å². The number of ether oxygens (including phenoxy) is 1. The van der Waals surface area contributed by atoms with Crippen LogP contribution in [0.15, 0.2) is 18.3 Å². The van der Waals surface area contributed by atoms with Crippen LogP contribution in [0.2, 0.25) is 0 Å². The fourth-order valence-electron chi connectivity index (χ4n) is 5.22. The monoisotopic (exact) mass is 314 g/mol. The normalized spacial score (nSPS) is 34.7. The molecule has 0 aromatic carbocycles. The molecule has 4 aliphatic carbocycles. The Hall–Kier alpha value is -1.58. The molecule has 4 bridgehead atoms. The van der Waals surface area contributed by atoms with Crippen molar-refractivity contribution in [2.45, 2.75) is 58.1 Å². The van der Waals surface area contributed by atoms with Gasteiger partial charge in [-0.1, -0.05) is 0 Å². The van der Waals surface area contributed by atoms with E-state index in [2.05, 4.69) is 10.3 Å². The zero-order chi connectivity index (χ0) is 16.0. The molecule has 4 aliphatic rings. The average molecular weight is 314 g/mol. The average Bonchev–Trinajstić information content (AvgIpc) is 2.50. The molecule has 0 radical (unpaired) electrons. The van der Waals surface area contributed by atoms with Crippen molar-refractivity contribution in [1.82, 2.24) is 10.3 Å². The first-order valence-electron chi connectivity index (χ1n) is 9.02. The highest BCUT2D eigenvalue weighted by Crippen LogP contribution is 2.53. The summed E-state index contributed by atoms with van der Waals surface area (Å²) in [6.45, 7) is 3.93. The van der Waals surface area contributed by atoms with Gasteiger partial charge < -0.3 is 10.1 Å². The topological polar surface area (TPSA) is 51.2 Å². The summed E-state index contributed by atoms with van der Waals surface area (Å²) in [5.74, 6) is 3.86. The first-order valence-corrected chi connectivity index (χ1v) is 9.02. The number of hydrogen-bond donors (Lipinski definition) is 1. The van der Waals surface area contributed by atoms with Gasteiger partial charge in [-0.05, 0) is 75.7 Å². The molecular weight excluding hydrogens is 288 g/mol. The quantitative estimate of drug-likeness (QED) is 0.926. The molecule has 5 rings (SSSR count). The van der Waals surface area contributed by atoms with E-state index >= 15 is 0 Å². The van der Waals surface area contributed by atoms with Gasteiger partial charge >= 0.3 is 0 Å². The minimum atomic E-state index is 0.0195. The van der Waals surface area contributed by atoms with Crippen LogP contribution in [-0.4, -0.2) is 23.0 Å². The number of carbonyl (C=O) groups is 1. The summed E-state index contributed by atoms with van der Waals surface area (Å²) in [6, 6.07) is 3.98. The highest BCUT2D eigenvalue weighted by atomic mass is 16.5.